The fourth-order valence-corrected chi connectivity index (χ4v) is 2.56. The van der Waals surface area contributed by atoms with Crippen molar-refractivity contribution >= 4 is 28.5 Å². The van der Waals surface area contributed by atoms with E-state index in [1.54, 1.807) is 6.20 Å². The molecule has 2 aromatic rings. The molecule has 0 atom stereocenters. The molecule has 0 saturated carbocycles. The zero-order chi connectivity index (χ0) is 13.1. The second-order valence-corrected chi connectivity index (χ2v) is 5.13. The first-order chi connectivity index (χ1) is 9.33. The molecule has 2 N–H and O–H groups in total. The highest BCUT2D eigenvalue weighted by Crippen LogP contribution is 2.21. The Labute approximate surface area is 116 Å². The first kappa shape index (κ1) is 12.6. The minimum absolute atomic E-state index is 0.235. The molecular weight excluding hydrogens is 262 g/mol. The summed E-state index contributed by atoms with van der Waals surface area (Å²) in [5, 5.41) is 7.91. The van der Waals surface area contributed by atoms with Crippen LogP contribution in [0.5, 0.6) is 0 Å². The van der Waals surface area contributed by atoms with E-state index in [1.165, 1.54) is 12.8 Å². The molecule has 0 radical (unpaired) electrons. The van der Waals surface area contributed by atoms with Crippen molar-refractivity contribution in [3.05, 3.63) is 23.6 Å². The molecular formula is C13H16ClN5. The molecule has 0 aliphatic carbocycles. The van der Waals surface area contributed by atoms with Gasteiger partial charge in [-0.3, -0.25) is 0 Å². The van der Waals surface area contributed by atoms with Crippen molar-refractivity contribution < 1.29 is 0 Å². The van der Waals surface area contributed by atoms with Crippen LogP contribution in [0.15, 0.2) is 18.3 Å². The smallest absolute Gasteiger partial charge is 0.226 e. The van der Waals surface area contributed by atoms with Crippen molar-refractivity contribution in [3.63, 3.8) is 0 Å². The Bertz CT molecular complexity index is 568. The quantitative estimate of drug-likeness (QED) is 0.841. The van der Waals surface area contributed by atoms with Crippen LogP contribution in [0.4, 0.5) is 5.82 Å². The van der Waals surface area contributed by atoms with Crippen LogP contribution in [0.25, 0.3) is 11.0 Å². The van der Waals surface area contributed by atoms with Gasteiger partial charge in [-0.1, -0.05) is 0 Å². The minimum Gasteiger partial charge on any atom is -0.369 e. The maximum atomic E-state index is 5.93. The number of aromatic nitrogens is 3. The van der Waals surface area contributed by atoms with Crippen LogP contribution >= 0.6 is 11.6 Å². The summed E-state index contributed by atoms with van der Waals surface area (Å²) in [6.07, 6.45) is 4.10. The number of fused-ring (bicyclic) bond motifs is 1. The van der Waals surface area contributed by atoms with Gasteiger partial charge in [-0.15, -0.1) is 0 Å². The highest BCUT2D eigenvalue weighted by molar-refractivity contribution is 6.28. The van der Waals surface area contributed by atoms with Gasteiger partial charge in [-0.05, 0) is 55.6 Å². The summed E-state index contributed by atoms with van der Waals surface area (Å²) in [7, 11) is 0. The van der Waals surface area contributed by atoms with E-state index in [9.17, 15) is 0 Å². The van der Waals surface area contributed by atoms with Crippen molar-refractivity contribution in [3.8, 4) is 0 Å². The van der Waals surface area contributed by atoms with Gasteiger partial charge in [-0.2, -0.15) is 4.98 Å². The summed E-state index contributed by atoms with van der Waals surface area (Å²) < 4.78 is 0. The largest absolute Gasteiger partial charge is 0.369 e. The lowest BCUT2D eigenvalue weighted by Gasteiger charge is -2.23. The van der Waals surface area contributed by atoms with E-state index in [4.69, 9.17) is 11.6 Å². The average molecular weight is 278 g/mol. The number of nitrogens with one attached hydrogen (secondary N) is 2. The van der Waals surface area contributed by atoms with E-state index >= 15 is 0 Å². The topological polar surface area (TPSA) is 62.7 Å². The molecule has 100 valence electrons. The summed E-state index contributed by atoms with van der Waals surface area (Å²) in [5.41, 5.74) is 0.635. The first-order valence-corrected chi connectivity index (χ1v) is 6.93. The average Bonchev–Trinajstić information content (AvgIpc) is 2.45. The predicted molar refractivity (Wildman–Crippen MR) is 76.4 cm³/mol. The Hall–Kier alpha value is -1.46. The molecule has 3 heterocycles. The number of anilines is 1. The van der Waals surface area contributed by atoms with E-state index < -0.39 is 0 Å². The lowest BCUT2D eigenvalue weighted by molar-refractivity contribution is 0.389. The number of piperidine rings is 1. The molecule has 1 aliphatic rings. The maximum absolute atomic E-state index is 5.93. The van der Waals surface area contributed by atoms with Gasteiger partial charge in [0.05, 0.1) is 5.39 Å². The molecule has 0 bridgehead atoms. The Kier molecular flexibility index (Phi) is 3.75. The van der Waals surface area contributed by atoms with E-state index in [1.807, 2.05) is 12.1 Å². The zero-order valence-electron chi connectivity index (χ0n) is 10.6. The van der Waals surface area contributed by atoms with Crippen LogP contribution < -0.4 is 10.6 Å². The lowest BCUT2D eigenvalue weighted by atomic mass is 9.98. The van der Waals surface area contributed by atoms with Crippen LogP contribution in [-0.4, -0.2) is 34.6 Å². The van der Waals surface area contributed by atoms with Crippen molar-refractivity contribution in [2.75, 3.05) is 25.0 Å². The Morgan fingerprint density at radius 1 is 1.32 bits per heavy atom. The molecule has 6 heteroatoms. The molecule has 19 heavy (non-hydrogen) atoms. The summed E-state index contributed by atoms with van der Waals surface area (Å²) >= 11 is 5.93. The molecule has 0 aromatic carbocycles. The third-order valence-corrected chi connectivity index (χ3v) is 3.63. The second kappa shape index (κ2) is 5.67. The molecule has 0 amide bonds. The monoisotopic (exact) mass is 277 g/mol. The second-order valence-electron chi connectivity index (χ2n) is 4.79. The van der Waals surface area contributed by atoms with Gasteiger partial charge in [0.2, 0.25) is 5.28 Å². The van der Waals surface area contributed by atoms with Gasteiger partial charge >= 0.3 is 0 Å². The van der Waals surface area contributed by atoms with Crippen LogP contribution in [0.2, 0.25) is 5.28 Å². The fraction of sp³-hybridized carbons (Fsp3) is 0.462. The third-order valence-electron chi connectivity index (χ3n) is 3.46. The number of halogens is 1. The van der Waals surface area contributed by atoms with Crippen molar-refractivity contribution in [2.45, 2.75) is 12.8 Å². The lowest BCUT2D eigenvalue weighted by Crippen LogP contribution is -2.31. The van der Waals surface area contributed by atoms with E-state index in [2.05, 4.69) is 25.6 Å². The van der Waals surface area contributed by atoms with Crippen LogP contribution in [0, 0.1) is 5.92 Å². The Morgan fingerprint density at radius 2 is 2.16 bits per heavy atom. The Balaban J connectivity index is 1.79. The normalized spacial score (nSPS) is 16.7. The fourth-order valence-electron chi connectivity index (χ4n) is 2.40. The summed E-state index contributed by atoms with van der Waals surface area (Å²) in [5.74, 6) is 1.46. The number of rotatable bonds is 3. The summed E-state index contributed by atoms with van der Waals surface area (Å²) in [4.78, 5) is 12.6. The predicted octanol–water partition coefficient (Wildman–Crippen LogP) is 2.09. The number of nitrogens with zero attached hydrogens (tertiary/aromatic N) is 3. The Morgan fingerprint density at radius 3 is 3.00 bits per heavy atom. The van der Waals surface area contributed by atoms with Crippen molar-refractivity contribution in [1.82, 2.24) is 20.3 Å². The van der Waals surface area contributed by atoms with Gasteiger partial charge in [0.25, 0.3) is 0 Å². The van der Waals surface area contributed by atoms with Crippen molar-refractivity contribution in [1.29, 1.82) is 0 Å². The van der Waals surface area contributed by atoms with Crippen LogP contribution in [0.3, 0.4) is 0 Å². The number of pyridine rings is 1. The molecule has 2 aromatic heterocycles. The molecule has 1 fully saturated rings. The molecule has 5 nitrogen and oxygen atoms in total. The molecule has 1 aliphatic heterocycles. The highest BCUT2D eigenvalue weighted by atomic mass is 35.5. The van der Waals surface area contributed by atoms with Crippen LogP contribution in [-0.2, 0) is 0 Å². The SMILES string of the molecule is Clc1nc(NCC2CCNCC2)c2cccnc2n1. The zero-order valence-corrected chi connectivity index (χ0v) is 11.3. The molecule has 0 spiro atoms. The summed E-state index contributed by atoms with van der Waals surface area (Å²) in [6.45, 7) is 3.11. The van der Waals surface area contributed by atoms with Gasteiger partial charge < -0.3 is 10.6 Å². The summed E-state index contributed by atoms with van der Waals surface area (Å²) in [6, 6.07) is 3.85. The standard InChI is InChI=1S/C13H16ClN5/c14-13-18-11-10(2-1-5-16-11)12(19-13)17-8-9-3-6-15-7-4-9/h1-2,5,9,15H,3-4,6-8H2,(H,16,17,18,19). The number of hydrogen-bond donors (Lipinski definition) is 2. The van der Waals surface area contributed by atoms with Gasteiger partial charge in [0, 0.05) is 12.7 Å². The van der Waals surface area contributed by atoms with Crippen LogP contribution in [0.1, 0.15) is 12.8 Å². The van der Waals surface area contributed by atoms with Gasteiger partial charge in [0.15, 0.2) is 5.65 Å². The van der Waals surface area contributed by atoms with E-state index in [0.29, 0.717) is 11.6 Å². The maximum Gasteiger partial charge on any atom is 0.226 e. The van der Waals surface area contributed by atoms with E-state index in [0.717, 1.165) is 30.8 Å². The molecule has 1 saturated heterocycles. The third kappa shape index (κ3) is 2.93. The first-order valence-electron chi connectivity index (χ1n) is 6.56. The minimum atomic E-state index is 0.235. The highest BCUT2D eigenvalue weighted by Gasteiger charge is 2.14. The molecule has 3 rings (SSSR count). The van der Waals surface area contributed by atoms with Gasteiger partial charge in [-0.25, -0.2) is 9.97 Å². The molecule has 0 unspecified atom stereocenters. The van der Waals surface area contributed by atoms with E-state index in [-0.39, 0.29) is 5.28 Å². The number of hydrogen-bond acceptors (Lipinski definition) is 5. The van der Waals surface area contributed by atoms with Crippen molar-refractivity contribution in [2.24, 2.45) is 5.92 Å². The van der Waals surface area contributed by atoms with Gasteiger partial charge in [0.1, 0.15) is 5.82 Å².